The van der Waals surface area contributed by atoms with Gasteiger partial charge >= 0.3 is 0 Å². The summed E-state index contributed by atoms with van der Waals surface area (Å²) >= 11 is 5.69. The van der Waals surface area contributed by atoms with Crippen LogP contribution in [0.25, 0.3) is 0 Å². The van der Waals surface area contributed by atoms with E-state index in [9.17, 15) is 14.4 Å². The molecule has 0 saturated carbocycles. The molecule has 2 aromatic carbocycles. The van der Waals surface area contributed by atoms with E-state index in [0.717, 1.165) is 12.8 Å². The molecule has 2 saturated heterocycles. The zero-order valence-corrected chi connectivity index (χ0v) is 19.1. The number of methoxy groups -OCH3 is 1. The van der Waals surface area contributed by atoms with Gasteiger partial charge in [0.15, 0.2) is 5.11 Å². The number of carbonyl (C=O) groups excluding carboxylic acids is 3. The fourth-order valence-corrected chi connectivity index (χ4v) is 4.66. The van der Waals surface area contributed by atoms with E-state index >= 15 is 0 Å². The average Bonchev–Trinajstić information content (AvgIpc) is 2.94. The molecule has 2 aliphatic rings. The second kappa shape index (κ2) is 9.99. The monoisotopic (exact) mass is 466 g/mol. The van der Waals surface area contributed by atoms with Crippen molar-refractivity contribution in [1.82, 2.24) is 10.2 Å². The lowest BCUT2D eigenvalue weighted by Gasteiger charge is -2.30. The maximum absolute atomic E-state index is 13.5. The minimum absolute atomic E-state index is 0.127. The molecule has 0 spiro atoms. The van der Waals surface area contributed by atoms with Gasteiger partial charge in [0.25, 0.3) is 5.91 Å². The molecule has 172 valence electrons. The van der Waals surface area contributed by atoms with Crippen LogP contribution >= 0.6 is 12.2 Å². The number of anilines is 2. The summed E-state index contributed by atoms with van der Waals surface area (Å²) in [7, 11) is 1.57. The van der Waals surface area contributed by atoms with Gasteiger partial charge in [-0.1, -0.05) is 18.2 Å². The van der Waals surface area contributed by atoms with E-state index in [1.165, 1.54) is 4.90 Å². The summed E-state index contributed by atoms with van der Waals surface area (Å²) in [5, 5.41) is 5.97. The Morgan fingerprint density at radius 2 is 1.85 bits per heavy atom. The molecule has 2 atom stereocenters. The van der Waals surface area contributed by atoms with Crippen LogP contribution in [0.15, 0.2) is 54.6 Å². The number of amides is 3. The molecular weight excluding hydrogens is 440 g/mol. The summed E-state index contributed by atoms with van der Waals surface area (Å²) in [6.07, 6.45) is 2.13. The van der Waals surface area contributed by atoms with Crippen LogP contribution in [0.4, 0.5) is 11.4 Å². The third-order valence-corrected chi connectivity index (χ3v) is 6.26. The summed E-state index contributed by atoms with van der Waals surface area (Å²) in [5.41, 5.74) is 1.21. The quantitative estimate of drug-likeness (QED) is 0.637. The third-order valence-electron chi connectivity index (χ3n) is 5.86. The van der Waals surface area contributed by atoms with Crippen molar-refractivity contribution in [2.45, 2.75) is 37.8 Å². The van der Waals surface area contributed by atoms with Gasteiger partial charge in [0.05, 0.1) is 19.2 Å². The number of ether oxygens (including phenoxy) is 1. The highest BCUT2D eigenvalue weighted by Gasteiger charge is 2.48. The van der Waals surface area contributed by atoms with E-state index in [1.807, 2.05) is 18.2 Å². The minimum Gasteiger partial charge on any atom is -0.497 e. The summed E-state index contributed by atoms with van der Waals surface area (Å²) in [6.45, 7) is 0.592. The first-order chi connectivity index (χ1) is 16.0. The average molecular weight is 467 g/mol. The molecule has 0 radical (unpaired) electrons. The Kier molecular flexibility index (Phi) is 6.88. The van der Waals surface area contributed by atoms with Crippen molar-refractivity contribution in [2.24, 2.45) is 0 Å². The lowest BCUT2D eigenvalue weighted by molar-refractivity contribution is -0.129. The Morgan fingerprint density at radius 3 is 2.55 bits per heavy atom. The first-order valence-corrected chi connectivity index (χ1v) is 11.3. The SMILES string of the molecule is COc1ccc(NC(=O)C[C@H]2C(=O)N(c3ccccc3)C(=S)N2[C@@H]2CCCCNC2=O)cc1. The molecule has 8 nitrogen and oxygen atoms in total. The first-order valence-electron chi connectivity index (χ1n) is 10.9. The molecule has 4 rings (SSSR count). The van der Waals surface area contributed by atoms with Gasteiger partial charge in [0.1, 0.15) is 17.8 Å². The van der Waals surface area contributed by atoms with Crippen molar-refractivity contribution in [1.29, 1.82) is 0 Å². The Bertz CT molecular complexity index is 1040. The lowest BCUT2D eigenvalue weighted by Crippen LogP contribution is -2.51. The van der Waals surface area contributed by atoms with Crippen molar-refractivity contribution >= 4 is 46.4 Å². The van der Waals surface area contributed by atoms with Crippen LogP contribution in [0.2, 0.25) is 0 Å². The van der Waals surface area contributed by atoms with E-state index in [4.69, 9.17) is 17.0 Å². The topological polar surface area (TPSA) is 91.0 Å². The molecule has 0 aromatic heterocycles. The standard InChI is InChI=1S/C24H26N4O4S/c1-32-18-12-10-16(11-13-18)26-21(29)15-20-23(31)27(17-7-3-2-4-8-17)24(33)28(20)19-9-5-6-14-25-22(19)30/h2-4,7-8,10-13,19-20H,5-6,9,14-15H2,1H3,(H,25,30)(H,26,29)/t19-,20+/m1/s1. The van der Waals surface area contributed by atoms with Crippen molar-refractivity contribution in [3.05, 3.63) is 54.6 Å². The molecule has 0 aliphatic carbocycles. The predicted octanol–water partition coefficient (Wildman–Crippen LogP) is 2.69. The Labute approximate surface area is 197 Å². The molecule has 2 fully saturated rings. The highest BCUT2D eigenvalue weighted by molar-refractivity contribution is 7.80. The molecule has 9 heteroatoms. The second-order valence-corrected chi connectivity index (χ2v) is 8.36. The zero-order chi connectivity index (χ0) is 23.4. The fourth-order valence-electron chi connectivity index (χ4n) is 4.21. The van der Waals surface area contributed by atoms with Gasteiger partial charge in [0.2, 0.25) is 11.8 Å². The van der Waals surface area contributed by atoms with Gasteiger partial charge in [-0.2, -0.15) is 0 Å². The first kappa shape index (κ1) is 22.7. The maximum atomic E-state index is 13.5. The van der Waals surface area contributed by atoms with Crippen molar-refractivity contribution in [3.8, 4) is 5.75 Å². The smallest absolute Gasteiger partial charge is 0.256 e. The molecule has 2 aromatic rings. The fraction of sp³-hybridized carbons (Fsp3) is 0.333. The number of carbonyl (C=O) groups is 3. The third kappa shape index (κ3) is 4.83. The lowest BCUT2D eigenvalue weighted by atomic mass is 10.1. The molecule has 2 heterocycles. The van der Waals surface area contributed by atoms with Crippen LogP contribution in [0, 0.1) is 0 Å². The van der Waals surface area contributed by atoms with E-state index in [0.29, 0.717) is 30.1 Å². The summed E-state index contributed by atoms with van der Waals surface area (Å²) < 4.78 is 5.14. The molecule has 2 aliphatic heterocycles. The Hall–Kier alpha value is -3.46. The molecular formula is C24H26N4O4S. The van der Waals surface area contributed by atoms with E-state index in [1.54, 1.807) is 48.4 Å². The van der Waals surface area contributed by atoms with E-state index < -0.39 is 12.1 Å². The Balaban J connectivity index is 1.60. The number of rotatable bonds is 6. The summed E-state index contributed by atoms with van der Waals surface area (Å²) in [4.78, 5) is 42.3. The number of nitrogens with one attached hydrogen (secondary N) is 2. The van der Waals surface area contributed by atoms with Crippen LogP contribution in [0.3, 0.4) is 0 Å². The highest BCUT2D eigenvalue weighted by atomic mass is 32.1. The minimum atomic E-state index is -0.871. The molecule has 2 N–H and O–H groups in total. The van der Waals surface area contributed by atoms with Crippen molar-refractivity contribution < 1.29 is 19.1 Å². The van der Waals surface area contributed by atoms with Gasteiger partial charge < -0.3 is 20.3 Å². The van der Waals surface area contributed by atoms with Gasteiger partial charge in [-0.15, -0.1) is 0 Å². The number of para-hydroxylation sites is 1. The van der Waals surface area contributed by atoms with E-state index in [-0.39, 0.29) is 29.3 Å². The number of thiocarbonyl (C=S) groups is 1. The van der Waals surface area contributed by atoms with Gasteiger partial charge in [-0.05, 0) is 67.9 Å². The number of hydrogen-bond acceptors (Lipinski definition) is 5. The Morgan fingerprint density at radius 1 is 1.12 bits per heavy atom. The van der Waals surface area contributed by atoms with Crippen LogP contribution in [0.5, 0.6) is 5.75 Å². The second-order valence-electron chi connectivity index (χ2n) is 8.00. The maximum Gasteiger partial charge on any atom is 0.256 e. The molecule has 3 amide bonds. The van der Waals surface area contributed by atoms with Crippen LogP contribution in [-0.2, 0) is 14.4 Å². The van der Waals surface area contributed by atoms with Gasteiger partial charge in [-0.3, -0.25) is 19.3 Å². The van der Waals surface area contributed by atoms with E-state index in [2.05, 4.69) is 10.6 Å². The molecule has 0 bridgehead atoms. The summed E-state index contributed by atoms with van der Waals surface area (Å²) in [6, 6.07) is 14.5. The van der Waals surface area contributed by atoms with Crippen LogP contribution in [-0.4, -0.2) is 53.5 Å². The molecule has 0 unspecified atom stereocenters. The van der Waals surface area contributed by atoms with Crippen LogP contribution in [0.1, 0.15) is 25.7 Å². The largest absolute Gasteiger partial charge is 0.497 e. The molecule has 33 heavy (non-hydrogen) atoms. The van der Waals surface area contributed by atoms with Gasteiger partial charge in [-0.25, -0.2) is 0 Å². The predicted molar refractivity (Wildman–Crippen MR) is 129 cm³/mol. The van der Waals surface area contributed by atoms with Crippen molar-refractivity contribution in [2.75, 3.05) is 23.9 Å². The van der Waals surface area contributed by atoms with Crippen molar-refractivity contribution in [3.63, 3.8) is 0 Å². The number of hydrogen-bond donors (Lipinski definition) is 2. The summed E-state index contributed by atoms with van der Waals surface area (Å²) in [5.74, 6) is -0.144. The van der Waals surface area contributed by atoms with Gasteiger partial charge in [0, 0.05) is 12.2 Å². The van der Waals surface area contributed by atoms with Crippen LogP contribution < -0.4 is 20.3 Å². The number of benzene rings is 2. The normalized spacial score (nSPS) is 20.9. The highest BCUT2D eigenvalue weighted by Crippen LogP contribution is 2.31. The zero-order valence-electron chi connectivity index (χ0n) is 18.3. The number of nitrogens with zero attached hydrogens (tertiary/aromatic N) is 2.